The summed E-state index contributed by atoms with van der Waals surface area (Å²) in [6.07, 6.45) is 0. The minimum Gasteiger partial charge on any atom is -0.263 e. The van der Waals surface area contributed by atoms with Crippen LogP contribution in [0.4, 0.5) is 11.4 Å². The predicted octanol–water partition coefficient (Wildman–Crippen LogP) is 0.425. The summed E-state index contributed by atoms with van der Waals surface area (Å²) in [6.45, 7) is 0. The molecule has 0 aliphatic heterocycles. The Balaban J connectivity index is 3.27. The summed E-state index contributed by atoms with van der Waals surface area (Å²) in [7, 11) is 0. The number of non-ortho nitro benzene ring substituents is 2. The van der Waals surface area contributed by atoms with Crippen molar-refractivity contribution in [3.63, 3.8) is 0 Å². The van der Waals surface area contributed by atoms with E-state index in [2.05, 4.69) is 0 Å². The number of hydrazine groups is 1. The molecule has 0 aliphatic carbocycles. The van der Waals surface area contributed by atoms with E-state index in [1.165, 1.54) is 5.43 Å². The molecule has 1 N–H and O–H groups in total. The van der Waals surface area contributed by atoms with Gasteiger partial charge in [0.05, 0.1) is 21.5 Å². The van der Waals surface area contributed by atoms with Crippen LogP contribution in [0.2, 0.25) is 0 Å². The summed E-state index contributed by atoms with van der Waals surface area (Å²) >= 11 is 0. The molecule has 0 bridgehead atoms. The fraction of sp³-hybridized carbons (Fsp3) is 0. The van der Waals surface area contributed by atoms with Crippen LogP contribution < -0.4 is 5.43 Å². The van der Waals surface area contributed by atoms with Crippen molar-refractivity contribution in [2.24, 2.45) is 0 Å². The van der Waals surface area contributed by atoms with Gasteiger partial charge < -0.3 is 0 Å². The van der Waals surface area contributed by atoms with Gasteiger partial charge >= 0.3 is 5.91 Å². The van der Waals surface area contributed by atoms with Crippen molar-refractivity contribution in [2.75, 3.05) is 0 Å². The number of hydrogen-bond donors (Lipinski definition) is 1. The van der Waals surface area contributed by atoms with Crippen molar-refractivity contribution >= 4 is 17.3 Å². The van der Waals surface area contributed by atoms with Crippen LogP contribution in [0.3, 0.4) is 0 Å². The molecule has 1 aromatic carbocycles. The number of amides is 1. The van der Waals surface area contributed by atoms with Crippen molar-refractivity contribution in [1.29, 1.82) is 0 Å². The molecule has 0 radical (unpaired) electrons. The summed E-state index contributed by atoms with van der Waals surface area (Å²) < 4.78 is 0. The number of nitro benzene ring substituents is 2. The minimum absolute atomic E-state index is 0.549. The van der Waals surface area contributed by atoms with E-state index in [9.17, 15) is 35.1 Å². The molecular formula is C7H4N4O7. The third-order valence-electron chi connectivity index (χ3n) is 1.78. The van der Waals surface area contributed by atoms with Crippen LogP contribution in [0.5, 0.6) is 0 Å². The Morgan fingerprint density at radius 1 is 0.944 bits per heavy atom. The van der Waals surface area contributed by atoms with Gasteiger partial charge in [0.2, 0.25) is 0 Å². The average Bonchev–Trinajstić information content (AvgIpc) is 2.27. The molecule has 1 amide bonds. The summed E-state index contributed by atoms with van der Waals surface area (Å²) in [5.74, 6) is -1.29. The molecule has 0 fully saturated rings. The molecule has 0 unspecified atom stereocenters. The van der Waals surface area contributed by atoms with E-state index in [4.69, 9.17) is 0 Å². The lowest BCUT2D eigenvalue weighted by atomic mass is 10.1. The Labute approximate surface area is 97.4 Å². The highest BCUT2D eigenvalue weighted by Gasteiger charge is 2.21. The molecule has 11 heteroatoms. The van der Waals surface area contributed by atoms with E-state index in [0.717, 1.165) is 0 Å². The first-order valence-electron chi connectivity index (χ1n) is 4.20. The number of benzene rings is 1. The quantitative estimate of drug-likeness (QED) is 0.603. The van der Waals surface area contributed by atoms with Crippen LogP contribution in [0.1, 0.15) is 10.4 Å². The summed E-state index contributed by atoms with van der Waals surface area (Å²) in [5.41, 5.74) is -0.740. The number of nitrogens with zero attached hydrogens (tertiary/aromatic N) is 3. The Morgan fingerprint density at radius 2 is 1.39 bits per heavy atom. The second-order valence-corrected chi connectivity index (χ2v) is 2.95. The zero-order chi connectivity index (χ0) is 13.9. The van der Waals surface area contributed by atoms with Crippen molar-refractivity contribution in [3.8, 4) is 0 Å². The zero-order valence-corrected chi connectivity index (χ0v) is 8.43. The minimum atomic E-state index is -1.29. The molecule has 11 nitrogen and oxygen atoms in total. The Kier molecular flexibility index (Phi) is 3.47. The maximum Gasteiger partial charge on any atom is 0.311 e. The smallest absolute Gasteiger partial charge is 0.263 e. The molecule has 94 valence electrons. The van der Waals surface area contributed by atoms with E-state index in [1.54, 1.807) is 0 Å². The van der Waals surface area contributed by atoms with Gasteiger partial charge in [-0.2, -0.15) is 0 Å². The Morgan fingerprint density at radius 3 is 1.72 bits per heavy atom. The van der Waals surface area contributed by atoms with Gasteiger partial charge in [0.1, 0.15) is 0 Å². The molecule has 0 aliphatic rings. The number of carbonyl (C=O) groups excluding carboxylic acids is 1. The van der Waals surface area contributed by atoms with Crippen LogP contribution in [0.25, 0.3) is 0 Å². The van der Waals surface area contributed by atoms with Gasteiger partial charge in [-0.3, -0.25) is 25.0 Å². The second-order valence-electron chi connectivity index (χ2n) is 2.95. The van der Waals surface area contributed by atoms with Crippen LogP contribution in [0.15, 0.2) is 18.2 Å². The topological polar surface area (TPSA) is 159 Å². The lowest BCUT2D eigenvalue weighted by molar-refractivity contribution is -0.527. The molecule has 0 atom stereocenters. The first-order valence-corrected chi connectivity index (χ1v) is 4.20. The van der Waals surface area contributed by atoms with Crippen molar-refractivity contribution in [1.82, 2.24) is 5.43 Å². The van der Waals surface area contributed by atoms with Crippen molar-refractivity contribution < 1.29 is 19.7 Å². The first kappa shape index (κ1) is 13.0. The van der Waals surface area contributed by atoms with Gasteiger partial charge in [-0.1, -0.05) is 5.43 Å². The third-order valence-corrected chi connectivity index (χ3v) is 1.78. The lowest BCUT2D eigenvalue weighted by Crippen LogP contribution is -2.29. The van der Waals surface area contributed by atoms with E-state index in [1.807, 2.05) is 0 Å². The Bertz CT molecular complexity index is 522. The van der Waals surface area contributed by atoms with Gasteiger partial charge in [-0.15, -0.1) is 0 Å². The summed E-state index contributed by atoms with van der Waals surface area (Å²) in [4.78, 5) is 40.3. The first-order chi connectivity index (χ1) is 8.31. The summed E-state index contributed by atoms with van der Waals surface area (Å²) in [5, 5.41) is 29.8. The van der Waals surface area contributed by atoms with Crippen LogP contribution >= 0.6 is 0 Å². The maximum atomic E-state index is 11.2. The fourth-order valence-corrected chi connectivity index (χ4v) is 1.08. The molecular weight excluding hydrogens is 252 g/mol. The van der Waals surface area contributed by atoms with Gasteiger partial charge in [0, 0.05) is 12.1 Å². The van der Waals surface area contributed by atoms with Crippen LogP contribution in [0, 0.1) is 30.3 Å². The molecule has 0 spiro atoms. The number of carbonyl (C=O) groups is 1. The predicted molar refractivity (Wildman–Crippen MR) is 54.2 cm³/mol. The molecule has 1 rings (SSSR count). The number of rotatable bonds is 4. The monoisotopic (exact) mass is 256 g/mol. The molecule has 0 aromatic heterocycles. The van der Waals surface area contributed by atoms with E-state index in [-0.39, 0.29) is 0 Å². The lowest BCUT2D eigenvalue weighted by Gasteiger charge is -1.98. The normalized spacial score (nSPS) is 9.56. The average molecular weight is 256 g/mol. The van der Waals surface area contributed by atoms with E-state index < -0.39 is 37.7 Å². The highest BCUT2D eigenvalue weighted by molar-refractivity contribution is 5.94. The SMILES string of the molecule is O=C(N[N+](=O)[O-])c1cc([N+](=O)[O-])cc([N+](=O)[O-])c1. The molecule has 0 heterocycles. The number of nitrogens with one attached hydrogen (secondary N) is 1. The fourth-order valence-electron chi connectivity index (χ4n) is 1.08. The van der Waals surface area contributed by atoms with Crippen LogP contribution in [-0.4, -0.2) is 20.8 Å². The second kappa shape index (κ2) is 4.82. The third kappa shape index (κ3) is 2.94. The molecule has 0 saturated heterocycles. The van der Waals surface area contributed by atoms with Crippen LogP contribution in [-0.2, 0) is 0 Å². The molecule has 18 heavy (non-hydrogen) atoms. The van der Waals surface area contributed by atoms with Gasteiger partial charge in [0.25, 0.3) is 11.4 Å². The van der Waals surface area contributed by atoms with E-state index >= 15 is 0 Å². The highest BCUT2D eigenvalue weighted by Crippen LogP contribution is 2.22. The van der Waals surface area contributed by atoms with Gasteiger partial charge in [-0.25, -0.2) is 10.1 Å². The standard InChI is InChI=1S/C7H4N4O7/c12-7(8-11(17)18)4-1-5(9(13)14)3-6(2-4)10(15)16/h1-3H,(H,8,12). The van der Waals surface area contributed by atoms with Crippen molar-refractivity contribution in [3.05, 3.63) is 54.1 Å². The van der Waals surface area contributed by atoms with Gasteiger partial charge in [-0.05, 0) is 0 Å². The number of hydrogen-bond acceptors (Lipinski definition) is 7. The molecule has 1 aromatic rings. The maximum absolute atomic E-state index is 11.2. The van der Waals surface area contributed by atoms with Gasteiger partial charge in [0.15, 0.2) is 5.03 Å². The molecule has 0 saturated carbocycles. The number of nitro groups is 3. The largest absolute Gasteiger partial charge is 0.311 e. The Hall–Kier alpha value is -3.11. The zero-order valence-electron chi connectivity index (χ0n) is 8.43. The summed E-state index contributed by atoms with van der Waals surface area (Å²) in [6, 6.07) is 2.04. The van der Waals surface area contributed by atoms with E-state index in [0.29, 0.717) is 18.2 Å². The van der Waals surface area contributed by atoms with Crippen molar-refractivity contribution in [2.45, 2.75) is 0 Å². The highest BCUT2D eigenvalue weighted by atomic mass is 16.7.